The van der Waals surface area contributed by atoms with Crippen molar-refractivity contribution in [2.24, 2.45) is 0 Å². The lowest BCUT2D eigenvalue weighted by molar-refractivity contribution is 0.114. The number of piperidine rings is 1. The fourth-order valence-corrected chi connectivity index (χ4v) is 3.13. The molecule has 118 valence electrons. The third-order valence-electron chi connectivity index (χ3n) is 4.51. The van der Waals surface area contributed by atoms with E-state index in [1.54, 1.807) is 0 Å². The number of benzene rings is 2. The molecule has 3 aromatic rings. The smallest absolute Gasteiger partial charge is 0.135 e. The Hall–Kier alpha value is -2.26. The number of hydrogen-bond acceptors (Lipinski definition) is 3. The zero-order valence-corrected chi connectivity index (χ0v) is 13.4. The highest BCUT2D eigenvalue weighted by Gasteiger charge is 2.18. The van der Waals surface area contributed by atoms with Crippen LogP contribution in [0, 0.1) is 0 Å². The minimum Gasteiger partial charge on any atom is -0.490 e. The van der Waals surface area contributed by atoms with E-state index < -0.39 is 0 Å². The Balaban J connectivity index is 1.56. The first-order chi connectivity index (χ1) is 11.3. The predicted octanol–water partition coefficient (Wildman–Crippen LogP) is 4.57. The van der Waals surface area contributed by atoms with Crippen molar-refractivity contribution < 1.29 is 9.15 Å². The minimum absolute atomic E-state index is 0.323. The topological polar surface area (TPSA) is 25.6 Å². The van der Waals surface area contributed by atoms with Gasteiger partial charge in [-0.25, -0.2) is 0 Å². The van der Waals surface area contributed by atoms with Crippen LogP contribution < -0.4 is 4.74 Å². The highest BCUT2D eigenvalue weighted by atomic mass is 16.5. The van der Waals surface area contributed by atoms with Gasteiger partial charge in [0.2, 0.25) is 0 Å². The third kappa shape index (κ3) is 3.10. The van der Waals surface area contributed by atoms with Gasteiger partial charge in [-0.2, -0.15) is 0 Å². The summed E-state index contributed by atoms with van der Waals surface area (Å²) >= 11 is 0. The molecule has 1 fully saturated rings. The average molecular weight is 307 g/mol. The lowest BCUT2D eigenvalue weighted by Crippen LogP contribution is -2.35. The zero-order chi connectivity index (χ0) is 15.6. The number of rotatable bonds is 3. The second-order valence-electron chi connectivity index (χ2n) is 6.30. The standard InChI is InChI=1S/C20H21NO2/c1-21-11-9-17(10-12-21)22-18-7-8-19-16(13-18)14-20(23-19)15-5-3-2-4-6-15/h2-8,13-14,17H,9-12H2,1H3. The highest BCUT2D eigenvalue weighted by Crippen LogP contribution is 2.30. The molecular weight excluding hydrogens is 286 g/mol. The van der Waals surface area contributed by atoms with Gasteiger partial charge in [0.1, 0.15) is 23.2 Å². The van der Waals surface area contributed by atoms with Crippen molar-refractivity contribution in [3.05, 3.63) is 54.6 Å². The molecule has 3 nitrogen and oxygen atoms in total. The van der Waals surface area contributed by atoms with Crippen LogP contribution in [0.5, 0.6) is 5.75 Å². The Morgan fingerprint density at radius 2 is 1.78 bits per heavy atom. The SMILES string of the molecule is CN1CCC(Oc2ccc3oc(-c4ccccc4)cc3c2)CC1. The van der Waals surface area contributed by atoms with Crippen molar-refractivity contribution >= 4 is 11.0 Å². The molecule has 0 atom stereocenters. The molecule has 1 aliphatic rings. The summed E-state index contributed by atoms with van der Waals surface area (Å²) in [5, 5.41) is 1.09. The molecule has 0 unspecified atom stereocenters. The van der Waals surface area contributed by atoms with Crippen molar-refractivity contribution in [2.75, 3.05) is 20.1 Å². The van der Waals surface area contributed by atoms with Crippen LogP contribution in [0.4, 0.5) is 0 Å². The van der Waals surface area contributed by atoms with Gasteiger partial charge in [-0.1, -0.05) is 30.3 Å². The third-order valence-corrected chi connectivity index (χ3v) is 4.51. The Morgan fingerprint density at radius 3 is 2.57 bits per heavy atom. The molecule has 0 saturated carbocycles. The Kier molecular flexibility index (Phi) is 3.80. The second-order valence-corrected chi connectivity index (χ2v) is 6.30. The number of fused-ring (bicyclic) bond motifs is 1. The lowest BCUT2D eigenvalue weighted by atomic mass is 10.1. The van der Waals surface area contributed by atoms with Crippen molar-refractivity contribution in [1.82, 2.24) is 4.90 Å². The summed E-state index contributed by atoms with van der Waals surface area (Å²) in [4.78, 5) is 2.35. The van der Waals surface area contributed by atoms with E-state index in [2.05, 4.69) is 36.2 Å². The summed E-state index contributed by atoms with van der Waals surface area (Å²) in [5.74, 6) is 1.84. The van der Waals surface area contributed by atoms with E-state index in [0.29, 0.717) is 6.10 Å². The summed E-state index contributed by atoms with van der Waals surface area (Å²) in [7, 11) is 2.17. The van der Waals surface area contributed by atoms with Gasteiger partial charge in [0.25, 0.3) is 0 Å². The van der Waals surface area contributed by atoms with Crippen molar-refractivity contribution in [2.45, 2.75) is 18.9 Å². The first-order valence-electron chi connectivity index (χ1n) is 8.22. The van der Waals surface area contributed by atoms with Crippen molar-refractivity contribution in [1.29, 1.82) is 0 Å². The molecule has 0 bridgehead atoms. The number of likely N-dealkylation sites (tertiary alicyclic amines) is 1. The lowest BCUT2D eigenvalue weighted by Gasteiger charge is -2.29. The fourth-order valence-electron chi connectivity index (χ4n) is 3.13. The van der Waals surface area contributed by atoms with Gasteiger partial charge >= 0.3 is 0 Å². The molecule has 0 amide bonds. The van der Waals surface area contributed by atoms with Gasteiger partial charge in [-0.05, 0) is 44.2 Å². The van der Waals surface area contributed by atoms with Crippen LogP contribution in [-0.2, 0) is 0 Å². The Bertz CT molecular complexity index is 786. The maximum Gasteiger partial charge on any atom is 0.135 e. The molecule has 1 aliphatic heterocycles. The Labute approximate surface area is 136 Å². The molecule has 0 N–H and O–H groups in total. The van der Waals surface area contributed by atoms with E-state index in [1.165, 1.54) is 0 Å². The van der Waals surface area contributed by atoms with Crippen molar-refractivity contribution in [3.63, 3.8) is 0 Å². The first kappa shape index (κ1) is 14.3. The van der Waals surface area contributed by atoms with E-state index >= 15 is 0 Å². The summed E-state index contributed by atoms with van der Waals surface area (Å²) in [5.41, 5.74) is 2.00. The molecule has 1 aromatic heterocycles. The van der Waals surface area contributed by atoms with E-state index in [0.717, 1.165) is 54.0 Å². The predicted molar refractivity (Wildman–Crippen MR) is 92.8 cm³/mol. The summed E-state index contributed by atoms with van der Waals surface area (Å²) in [6.45, 7) is 2.22. The Morgan fingerprint density at radius 1 is 1.00 bits per heavy atom. The summed E-state index contributed by atoms with van der Waals surface area (Å²) in [6, 6.07) is 18.4. The van der Waals surface area contributed by atoms with Crippen LogP contribution in [-0.4, -0.2) is 31.1 Å². The molecule has 4 rings (SSSR count). The molecule has 3 heteroatoms. The number of nitrogens with zero attached hydrogens (tertiary/aromatic N) is 1. The normalized spacial score (nSPS) is 16.7. The molecule has 0 spiro atoms. The maximum atomic E-state index is 6.16. The van der Waals surface area contributed by atoms with Gasteiger partial charge in [-0.3, -0.25) is 0 Å². The molecule has 0 aliphatic carbocycles. The monoisotopic (exact) mass is 307 g/mol. The maximum absolute atomic E-state index is 6.16. The number of hydrogen-bond donors (Lipinski definition) is 0. The average Bonchev–Trinajstić information content (AvgIpc) is 3.01. The number of ether oxygens (including phenoxy) is 1. The van der Waals surface area contributed by atoms with E-state index in [9.17, 15) is 0 Å². The largest absolute Gasteiger partial charge is 0.490 e. The van der Waals surface area contributed by atoms with Crippen LogP contribution in [0.15, 0.2) is 59.0 Å². The van der Waals surface area contributed by atoms with Crippen LogP contribution in [0.25, 0.3) is 22.3 Å². The molecule has 0 radical (unpaired) electrons. The molecular formula is C20H21NO2. The molecule has 2 aromatic carbocycles. The molecule has 1 saturated heterocycles. The highest BCUT2D eigenvalue weighted by molar-refractivity contribution is 5.84. The van der Waals surface area contributed by atoms with E-state index in [4.69, 9.17) is 9.15 Å². The first-order valence-corrected chi connectivity index (χ1v) is 8.22. The van der Waals surface area contributed by atoms with Crippen LogP contribution in [0.2, 0.25) is 0 Å². The number of furan rings is 1. The summed E-state index contributed by atoms with van der Waals surface area (Å²) < 4.78 is 12.1. The van der Waals surface area contributed by atoms with Crippen molar-refractivity contribution in [3.8, 4) is 17.1 Å². The van der Waals surface area contributed by atoms with Gasteiger partial charge in [0.05, 0.1) is 0 Å². The second kappa shape index (κ2) is 6.09. The molecule has 23 heavy (non-hydrogen) atoms. The summed E-state index contributed by atoms with van der Waals surface area (Å²) in [6.07, 6.45) is 2.51. The van der Waals surface area contributed by atoms with Crippen LogP contribution in [0.3, 0.4) is 0 Å². The van der Waals surface area contributed by atoms with E-state index in [1.807, 2.05) is 30.3 Å². The van der Waals surface area contributed by atoms with Gasteiger partial charge in [0.15, 0.2) is 0 Å². The zero-order valence-electron chi connectivity index (χ0n) is 13.4. The van der Waals surface area contributed by atoms with Gasteiger partial charge in [-0.15, -0.1) is 0 Å². The quantitative estimate of drug-likeness (QED) is 0.708. The van der Waals surface area contributed by atoms with Gasteiger partial charge < -0.3 is 14.1 Å². The van der Waals surface area contributed by atoms with Crippen LogP contribution >= 0.6 is 0 Å². The minimum atomic E-state index is 0.323. The fraction of sp³-hybridized carbons (Fsp3) is 0.300. The van der Waals surface area contributed by atoms with Gasteiger partial charge in [0, 0.05) is 24.0 Å². The van der Waals surface area contributed by atoms with Crippen LogP contribution in [0.1, 0.15) is 12.8 Å². The molecule has 2 heterocycles. The van der Waals surface area contributed by atoms with E-state index in [-0.39, 0.29) is 0 Å².